The zero-order valence-corrected chi connectivity index (χ0v) is 15.5. The molecule has 8 heteroatoms. The molecule has 0 aliphatic carbocycles. The van der Waals surface area contributed by atoms with Crippen molar-refractivity contribution >= 4 is 53.1 Å². The number of benzene rings is 1. The van der Waals surface area contributed by atoms with Gasteiger partial charge in [-0.3, -0.25) is 9.59 Å². The van der Waals surface area contributed by atoms with Crippen LogP contribution >= 0.6 is 35.6 Å². The molecule has 130 valence electrons. The predicted molar refractivity (Wildman–Crippen MR) is 97.5 cm³/mol. The van der Waals surface area contributed by atoms with Gasteiger partial charge in [-0.2, -0.15) is 0 Å². The highest BCUT2D eigenvalue weighted by molar-refractivity contribution is 6.39. The number of anilines is 1. The highest BCUT2D eigenvalue weighted by Gasteiger charge is 2.17. The van der Waals surface area contributed by atoms with Gasteiger partial charge in [-0.05, 0) is 32.4 Å². The zero-order chi connectivity index (χ0) is 16.7. The summed E-state index contributed by atoms with van der Waals surface area (Å²) in [5, 5.41) is 3.35. The lowest BCUT2D eigenvalue weighted by atomic mass is 10.2. The molecular formula is C15H22Cl3N3O2. The first-order chi connectivity index (χ1) is 10.3. The molecule has 2 amide bonds. The van der Waals surface area contributed by atoms with Crippen LogP contribution < -0.4 is 11.1 Å². The topological polar surface area (TPSA) is 75.4 Å². The normalized spacial score (nSPS) is 11.3. The number of carbonyl (C=O) groups excluding carboxylic acids is 2. The lowest BCUT2D eigenvalue weighted by Gasteiger charge is -2.21. The van der Waals surface area contributed by atoms with Gasteiger partial charge in [0.2, 0.25) is 11.8 Å². The molecule has 0 heterocycles. The summed E-state index contributed by atoms with van der Waals surface area (Å²) >= 11 is 12.0. The molecule has 1 aromatic carbocycles. The van der Waals surface area contributed by atoms with Crippen LogP contribution in [0.1, 0.15) is 26.7 Å². The maximum Gasteiger partial charge on any atom is 0.244 e. The summed E-state index contributed by atoms with van der Waals surface area (Å²) in [7, 11) is 0. The summed E-state index contributed by atoms with van der Waals surface area (Å²) in [6, 6.07) is 4.91. The summed E-state index contributed by atoms with van der Waals surface area (Å²) in [6.45, 7) is 4.06. The Hall–Kier alpha value is -1.01. The molecule has 0 radical (unpaired) electrons. The summed E-state index contributed by atoms with van der Waals surface area (Å²) in [6.07, 6.45) is 0.916. The number of likely N-dealkylation sites (N-methyl/N-ethyl adjacent to an activating group) is 1. The molecule has 23 heavy (non-hydrogen) atoms. The Morgan fingerprint density at radius 1 is 1.30 bits per heavy atom. The third-order valence-corrected chi connectivity index (χ3v) is 3.74. The van der Waals surface area contributed by atoms with Gasteiger partial charge in [-0.15, -0.1) is 12.4 Å². The molecule has 3 N–H and O–H groups in total. The Morgan fingerprint density at radius 2 is 1.87 bits per heavy atom. The van der Waals surface area contributed by atoms with Crippen molar-refractivity contribution in [3.63, 3.8) is 0 Å². The van der Waals surface area contributed by atoms with Crippen LogP contribution in [0.15, 0.2) is 18.2 Å². The van der Waals surface area contributed by atoms with Crippen molar-refractivity contribution in [1.82, 2.24) is 4.90 Å². The zero-order valence-electron chi connectivity index (χ0n) is 13.1. The van der Waals surface area contributed by atoms with E-state index in [1.54, 1.807) is 18.2 Å². The minimum atomic E-state index is -0.342. The summed E-state index contributed by atoms with van der Waals surface area (Å²) < 4.78 is 0. The molecule has 1 rings (SSSR count). The highest BCUT2D eigenvalue weighted by Crippen LogP contribution is 2.29. The van der Waals surface area contributed by atoms with Gasteiger partial charge >= 0.3 is 0 Å². The van der Waals surface area contributed by atoms with Gasteiger partial charge in [0, 0.05) is 19.0 Å². The monoisotopic (exact) mass is 381 g/mol. The van der Waals surface area contributed by atoms with Crippen LogP contribution in [0.3, 0.4) is 0 Å². The number of hydrogen-bond donors (Lipinski definition) is 2. The summed E-state index contributed by atoms with van der Waals surface area (Å²) in [5.74, 6) is -0.439. The van der Waals surface area contributed by atoms with Gasteiger partial charge in [0.05, 0.1) is 22.3 Å². The first kappa shape index (κ1) is 22.0. The molecule has 0 aromatic heterocycles. The second-order valence-electron chi connectivity index (χ2n) is 5.07. The minimum absolute atomic E-state index is 0. The number of nitrogens with zero attached hydrogens (tertiary/aromatic N) is 1. The molecule has 0 aliphatic heterocycles. The van der Waals surface area contributed by atoms with Crippen molar-refractivity contribution in [2.75, 3.05) is 18.4 Å². The SMILES string of the molecule is CCN(CC(=O)Nc1c(Cl)cccc1Cl)C(=O)CCC(C)N.Cl. The van der Waals surface area contributed by atoms with Crippen LogP contribution in [0.25, 0.3) is 0 Å². The molecule has 0 saturated carbocycles. The highest BCUT2D eigenvalue weighted by atomic mass is 35.5. The van der Waals surface area contributed by atoms with E-state index in [2.05, 4.69) is 5.32 Å². The van der Waals surface area contributed by atoms with Crippen LogP contribution in [0.2, 0.25) is 10.0 Å². The van der Waals surface area contributed by atoms with Gasteiger partial charge in [-0.1, -0.05) is 29.3 Å². The molecular weight excluding hydrogens is 361 g/mol. The Balaban J connectivity index is 0.00000484. The average Bonchev–Trinajstić information content (AvgIpc) is 2.46. The fourth-order valence-corrected chi connectivity index (χ4v) is 2.35. The van der Waals surface area contributed by atoms with Crippen molar-refractivity contribution in [2.24, 2.45) is 5.73 Å². The molecule has 0 fully saturated rings. The van der Waals surface area contributed by atoms with Crippen LogP contribution in [0.5, 0.6) is 0 Å². The van der Waals surface area contributed by atoms with E-state index in [4.69, 9.17) is 28.9 Å². The van der Waals surface area contributed by atoms with Crippen molar-refractivity contribution < 1.29 is 9.59 Å². The number of carbonyl (C=O) groups is 2. The third kappa shape index (κ3) is 7.40. The van der Waals surface area contributed by atoms with E-state index in [0.29, 0.717) is 35.1 Å². The number of halogens is 3. The largest absolute Gasteiger partial charge is 0.334 e. The van der Waals surface area contributed by atoms with Crippen LogP contribution in [0, 0.1) is 0 Å². The number of amides is 2. The predicted octanol–water partition coefficient (Wildman–Crippen LogP) is 3.33. The van der Waals surface area contributed by atoms with E-state index in [0.717, 1.165) is 0 Å². The Kier molecular flexibility index (Phi) is 10.2. The Labute approximate surface area is 152 Å². The van der Waals surface area contributed by atoms with Crippen LogP contribution in [0.4, 0.5) is 5.69 Å². The van der Waals surface area contributed by atoms with E-state index < -0.39 is 0 Å². The summed E-state index contributed by atoms with van der Waals surface area (Å²) in [5.41, 5.74) is 6.00. The second kappa shape index (κ2) is 10.7. The van der Waals surface area contributed by atoms with Gasteiger partial charge in [0.1, 0.15) is 0 Å². The standard InChI is InChI=1S/C15H21Cl2N3O2.ClH/c1-3-20(14(22)8-7-10(2)18)9-13(21)19-15-11(16)5-4-6-12(15)17;/h4-6,10H,3,7-9,18H2,1-2H3,(H,19,21);1H. The van der Waals surface area contributed by atoms with Gasteiger partial charge in [-0.25, -0.2) is 0 Å². The fraction of sp³-hybridized carbons (Fsp3) is 0.467. The number of rotatable bonds is 7. The van der Waals surface area contributed by atoms with E-state index in [9.17, 15) is 9.59 Å². The number of nitrogens with one attached hydrogen (secondary N) is 1. The van der Waals surface area contributed by atoms with Crippen molar-refractivity contribution in [3.8, 4) is 0 Å². The molecule has 1 unspecified atom stereocenters. The Morgan fingerprint density at radius 3 is 2.35 bits per heavy atom. The lowest BCUT2D eigenvalue weighted by Crippen LogP contribution is -2.38. The van der Waals surface area contributed by atoms with Crippen molar-refractivity contribution in [2.45, 2.75) is 32.7 Å². The second-order valence-corrected chi connectivity index (χ2v) is 5.88. The van der Waals surface area contributed by atoms with Crippen molar-refractivity contribution in [1.29, 1.82) is 0 Å². The fourth-order valence-electron chi connectivity index (χ4n) is 1.86. The maximum absolute atomic E-state index is 12.1. The van der Waals surface area contributed by atoms with Gasteiger partial charge in [0.25, 0.3) is 0 Å². The third-order valence-electron chi connectivity index (χ3n) is 3.11. The number of hydrogen-bond acceptors (Lipinski definition) is 3. The lowest BCUT2D eigenvalue weighted by molar-refractivity contribution is -0.134. The smallest absolute Gasteiger partial charge is 0.244 e. The van der Waals surface area contributed by atoms with Gasteiger partial charge < -0.3 is 16.0 Å². The molecule has 1 aromatic rings. The van der Waals surface area contributed by atoms with E-state index in [1.807, 2.05) is 13.8 Å². The first-order valence-electron chi connectivity index (χ1n) is 7.12. The molecule has 1 atom stereocenters. The average molecular weight is 383 g/mol. The van der Waals surface area contributed by atoms with E-state index in [-0.39, 0.29) is 36.8 Å². The molecule has 0 aliphatic rings. The Bertz CT molecular complexity index is 518. The van der Waals surface area contributed by atoms with Crippen LogP contribution in [-0.4, -0.2) is 35.8 Å². The van der Waals surface area contributed by atoms with E-state index >= 15 is 0 Å². The quantitative estimate of drug-likeness (QED) is 0.759. The molecule has 5 nitrogen and oxygen atoms in total. The molecule has 0 spiro atoms. The minimum Gasteiger partial charge on any atom is -0.334 e. The molecule has 0 bridgehead atoms. The van der Waals surface area contributed by atoms with Crippen molar-refractivity contribution in [3.05, 3.63) is 28.2 Å². The van der Waals surface area contributed by atoms with Gasteiger partial charge in [0.15, 0.2) is 0 Å². The summed E-state index contributed by atoms with van der Waals surface area (Å²) in [4.78, 5) is 25.6. The van der Waals surface area contributed by atoms with E-state index in [1.165, 1.54) is 4.90 Å². The first-order valence-corrected chi connectivity index (χ1v) is 7.88. The maximum atomic E-state index is 12.1. The van der Waals surface area contributed by atoms with Crippen LogP contribution in [-0.2, 0) is 9.59 Å². The molecule has 0 saturated heterocycles. The number of para-hydroxylation sites is 1. The number of nitrogens with two attached hydrogens (primary N) is 1.